The third-order valence-corrected chi connectivity index (χ3v) is 6.74. The van der Waals surface area contributed by atoms with Crippen LogP contribution in [0.4, 0.5) is 13.2 Å². The lowest BCUT2D eigenvalue weighted by molar-refractivity contribution is -0.151. The molecule has 0 aliphatic carbocycles. The Bertz CT molecular complexity index is 1500. The van der Waals surface area contributed by atoms with E-state index in [4.69, 9.17) is 28.1 Å². The topological polar surface area (TPSA) is 128 Å². The average Bonchev–Trinajstić information content (AvgIpc) is 3.72. The number of aromatic nitrogens is 2. The number of carbonyl (C=O) groups excluding carboxylic acids is 3. The maximum absolute atomic E-state index is 14.3. The van der Waals surface area contributed by atoms with Gasteiger partial charge < -0.3 is 28.1 Å². The van der Waals surface area contributed by atoms with Crippen molar-refractivity contribution in [3.05, 3.63) is 90.6 Å². The van der Waals surface area contributed by atoms with Gasteiger partial charge in [0.25, 0.3) is 0 Å². The summed E-state index contributed by atoms with van der Waals surface area (Å²) in [5, 5.41) is 3.87. The van der Waals surface area contributed by atoms with Gasteiger partial charge in [-0.05, 0) is 49.2 Å². The number of alkyl halides is 3. The van der Waals surface area contributed by atoms with E-state index in [0.29, 0.717) is 12.8 Å². The van der Waals surface area contributed by atoms with Gasteiger partial charge in [0.1, 0.15) is 25.6 Å². The number of esters is 3. The molecule has 0 saturated heterocycles. The number of furan rings is 1. The van der Waals surface area contributed by atoms with Crippen LogP contribution in [-0.4, -0.2) is 60.4 Å². The van der Waals surface area contributed by atoms with Gasteiger partial charge in [-0.2, -0.15) is 18.3 Å². The second-order valence-corrected chi connectivity index (χ2v) is 9.98. The molecule has 4 rings (SSSR count). The Morgan fingerprint density at radius 2 is 1.57 bits per heavy atom. The molecule has 0 N–H and O–H groups in total. The molecule has 3 aromatic rings. The highest BCUT2D eigenvalue weighted by Gasteiger charge is 2.46. The van der Waals surface area contributed by atoms with Crippen LogP contribution in [-0.2, 0) is 34.7 Å². The molecule has 3 heterocycles. The molecule has 11 nitrogen and oxygen atoms in total. The minimum Gasteiger partial charge on any atom is -0.469 e. The minimum atomic E-state index is -4.84. The van der Waals surface area contributed by atoms with Crippen LogP contribution < -0.4 is 4.74 Å². The number of hydrogen-bond donors (Lipinski definition) is 0. The molecule has 0 spiro atoms. The molecule has 1 aliphatic heterocycles. The molecule has 246 valence electrons. The third kappa shape index (κ3) is 8.87. The van der Waals surface area contributed by atoms with E-state index in [9.17, 15) is 27.6 Å². The van der Waals surface area contributed by atoms with Crippen molar-refractivity contribution in [3.8, 4) is 11.6 Å². The second-order valence-electron chi connectivity index (χ2n) is 9.98. The summed E-state index contributed by atoms with van der Waals surface area (Å²) in [4.78, 5) is 35.8. The van der Waals surface area contributed by atoms with Crippen molar-refractivity contribution in [2.24, 2.45) is 0 Å². The summed E-state index contributed by atoms with van der Waals surface area (Å²) >= 11 is 0. The zero-order chi connectivity index (χ0) is 33.1. The predicted molar refractivity (Wildman–Crippen MR) is 155 cm³/mol. The van der Waals surface area contributed by atoms with Gasteiger partial charge >= 0.3 is 24.1 Å². The molecule has 2 aromatic heterocycles. The first-order valence-corrected chi connectivity index (χ1v) is 14.4. The van der Waals surface area contributed by atoms with Gasteiger partial charge in [-0.15, -0.1) is 13.2 Å². The molecule has 46 heavy (non-hydrogen) atoms. The van der Waals surface area contributed by atoms with Crippen molar-refractivity contribution < 1.29 is 55.7 Å². The highest BCUT2D eigenvalue weighted by atomic mass is 19.4. The van der Waals surface area contributed by atoms with E-state index in [0.717, 1.165) is 4.68 Å². The van der Waals surface area contributed by atoms with Crippen LogP contribution in [0.15, 0.2) is 72.4 Å². The highest BCUT2D eigenvalue weighted by molar-refractivity contribution is 5.89. The molecule has 0 bridgehead atoms. The van der Waals surface area contributed by atoms with Gasteiger partial charge in [0.05, 0.1) is 35.6 Å². The maximum atomic E-state index is 14.3. The average molecular weight is 647 g/mol. The Morgan fingerprint density at radius 3 is 2.15 bits per heavy atom. The minimum absolute atomic E-state index is 0.0337. The molecule has 0 amide bonds. The monoisotopic (exact) mass is 646 g/mol. The molecular formula is C32H33F3N2O9. The predicted octanol–water partition coefficient (Wildman–Crippen LogP) is 5.92. The fraction of sp³-hybridized carbons (Fsp3) is 0.375. The fourth-order valence-electron chi connectivity index (χ4n) is 4.59. The van der Waals surface area contributed by atoms with Crippen LogP contribution in [0.3, 0.4) is 0 Å². The number of halogens is 3. The lowest BCUT2D eigenvalue weighted by Gasteiger charge is -2.30. The smallest absolute Gasteiger partial charge is 0.435 e. The summed E-state index contributed by atoms with van der Waals surface area (Å²) in [6.07, 6.45) is -0.136. The van der Waals surface area contributed by atoms with Gasteiger partial charge in [-0.1, -0.05) is 12.2 Å². The number of ether oxygens (including phenoxy) is 5. The van der Waals surface area contributed by atoms with Crippen LogP contribution in [0.5, 0.6) is 5.88 Å². The number of benzene rings is 1. The first-order chi connectivity index (χ1) is 22.1. The zero-order valence-electron chi connectivity index (χ0n) is 24.8. The molecule has 0 fully saturated rings. The Morgan fingerprint density at radius 1 is 0.935 bits per heavy atom. The highest BCUT2D eigenvalue weighted by Crippen LogP contribution is 2.48. The molecule has 14 heteroatoms. The first-order valence-electron chi connectivity index (χ1n) is 14.4. The third-order valence-electron chi connectivity index (χ3n) is 6.74. The zero-order valence-corrected chi connectivity index (χ0v) is 24.8. The van der Waals surface area contributed by atoms with Gasteiger partial charge in [0.2, 0.25) is 12.2 Å². The van der Waals surface area contributed by atoms with Gasteiger partial charge in [-0.25, -0.2) is 9.48 Å². The Hall–Kier alpha value is -4.85. The summed E-state index contributed by atoms with van der Waals surface area (Å²) in [6, 6.07) is 8.60. The van der Waals surface area contributed by atoms with Crippen molar-refractivity contribution in [1.82, 2.24) is 9.78 Å². The van der Waals surface area contributed by atoms with Crippen LogP contribution >= 0.6 is 0 Å². The number of nitrogens with zero attached hydrogens (tertiary/aromatic N) is 2. The molecular weight excluding hydrogens is 613 g/mol. The van der Waals surface area contributed by atoms with Crippen LogP contribution in [0.1, 0.15) is 65.4 Å². The summed E-state index contributed by atoms with van der Waals surface area (Å²) < 4.78 is 76.3. The van der Waals surface area contributed by atoms with Crippen LogP contribution in [0, 0.1) is 0 Å². The maximum Gasteiger partial charge on any atom is 0.435 e. The summed E-state index contributed by atoms with van der Waals surface area (Å²) in [7, 11) is 0. The lowest BCUT2D eigenvalue weighted by Crippen LogP contribution is -2.31. The largest absolute Gasteiger partial charge is 0.469 e. The Labute approximate surface area is 262 Å². The Kier molecular flexibility index (Phi) is 11.8. The van der Waals surface area contributed by atoms with Crippen molar-refractivity contribution in [2.45, 2.75) is 50.5 Å². The van der Waals surface area contributed by atoms with Crippen molar-refractivity contribution >= 4 is 17.9 Å². The number of allylic oxidation sites excluding steroid dienone is 2. The Balaban J connectivity index is 1.52. The number of rotatable bonds is 16. The summed E-state index contributed by atoms with van der Waals surface area (Å²) in [6.45, 7) is 6.60. The van der Waals surface area contributed by atoms with Crippen LogP contribution in [0.25, 0.3) is 5.69 Å². The number of fused-ring (bicyclic) bond motifs is 1. The van der Waals surface area contributed by atoms with Crippen molar-refractivity contribution in [1.29, 1.82) is 0 Å². The SMILES string of the molecule is C=CCCC(=O)OCCOC(=O)c1ccc(-n2nc(C(F)(F)F)c3c2O[C@@H](OCCOC(=O)CCC=C)C[C@@H]3c2ccco2)cc1. The quantitative estimate of drug-likeness (QED) is 0.0801. The lowest BCUT2D eigenvalue weighted by atomic mass is 9.90. The normalized spacial score (nSPS) is 15.7. The first kappa shape index (κ1) is 34.0. The molecule has 2 atom stereocenters. The van der Waals surface area contributed by atoms with Crippen molar-refractivity contribution in [2.75, 3.05) is 26.4 Å². The molecule has 1 aliphatic rings. The van der Waals surface area contributed by atoms with Crippen molar-refractivity contribution in [3.63, 3.8) is 0 Å². The number of hydrogen-bond acceptors (Lipinski definition) is 10. The van der Waals surface area contributed by atoms with Gasteiger partial charge in [0, 0.05) is 19.3 Å². The molecule has 0 saturated carbocycles. The van der Waals surface area contributed by atoms with Gasteiger partial charge in [-0.3, -0.25) is 9.59 Å². The van der Waals surface area contributed by atoms with Gasteiger partial charge in [0.15, 0.2) is 5.69 Å². The molecule has 1 aromatic carbocycles. The molecule has 0 radical (unpaired) electrons. The van der Waals surface area contributed by atoms with E-state index in [2.05, 4.69) is 18.3 Å². The second kappa shape index (κ2) is 15.9. The summed E-state index contributed by atoms with van der Waals surface area (Å²) in [5.74, 6) is -2.51. The van der Waals surface area contributed by atoms with E-state index < -0.39 is 42.0 Å². The van der Waals surface area contributed by atoms with E-state index in [1.165, 1.54) is 30.5 Å². The summed E-state index contributed by atoms with van der Waals surface area (Å²) in [5.41, 5.74) is -1.12. The van der Waals surface area contributed by atoms with Crippen LogP contribution in [0.2, 0.25) is 0 Å². The van der Waals surface area contributed by atoms with E-state index in [1.807, 2.05) is 0 Å². The van der Waals surface area contributed by atoms with E-state index in [-0.39, 0.29) is 74.1 Å². The number of carbonyl (C=O) groups is 3. The van der Waals surface area contributed by atoms with E-state index in [1.54, 1.807) is 24.3 Å². The fourth-order valence-corrected chi connectivity index (χ4v) is 4.59. The van der Waals surface area contributed by atoms with E-state index >= 15 is 0 Å². The molecule has 0 unspecified atom stereocenters. The standard InChI is InChI=1S/C32H33F3N2O9/c1-3-5-9-25(38)42-16-18-44-27-20-23(24-8-7-15-41-24)28-29(32(33,34)35)36-37(30(28)46-27)22-13-11-21(12-14-22)31(40)45-19-17-43-26(39)10-6-4-2/h3-4,7-8,11-15,23,27H,1-2,5-6,9-10,16-20H2/t23-,27-/m1/s1.